The molecule has 0 radical (unpaired) electrons. The molecule has 1 aromatic carbocycles. The lowest BCUT2D eigenvalue weighted by atomic mass is 10.1. The summed E-state index contributed by atoms with van der Waals surface area (Å²) in [6.45, 7) is 3.62. The predicted octanol–water partition coefficient (Wildman–Crippen LogP) is 3.01. The van der Waals surface area contributed by atoms with E-state index in [0.717, 1.165) is 0 Å². The molecule has 1 rings (SSSR count). The molecule has 0 N–H and O–H groups in total. The van der Waals surface area contributed by atoms with Gasteiger partial charge in [0.05, 0.1) is 11.1 Å². The first-order valence-electron chi connectivity index (χ1n) is 4.34. The second-order valence-electron chi connectivity index (χ2n) is 2.83. The molecule has 0 heterocycles. The number of benzene rings is 1. The summed E-state index contributed by atoms with van der Waals surface area (Å²) in [6.07, 6.45) is 1.48. The summed E-state index contributed by atoms with van der Waals surface area (Å²) in [7, 11) is 0. The Kier molecular flexibility index (Phi) is 4.52. The van der Waals surface area contributed by atoms with E-state index < -0.39 is 10.5 Å². The number of hydrogen-bond acceptors (Lipinski definition) is 3. The highest BCUT2D eigenvalue weighted by Crippen LogP contribution is 2.27. The van der Waals surface area contributed by atoms with Crippen LogP contribution < -0.4 is 4.74 Å². The molecule has 0 saturated carbocycles. The number of halogens is 2. The minimum atomic E-state index is -0.709. The second-order valence-corrected chi connectivity index (χ2v) is 3.52. The maximum atomic E-state index is 11.1. The number of para-hydroxylation sites is 1. The van der Waals surface area contributed by atoms with Gasteiger partial charge in [-0.05, 0) is 35.3 Å². The van der Waals surface area contributed by atoms with Crippen LogP contribution in [0.15, 0.2) is 30.9 Å². The highest BCUT2D eigenvalue weighted by Gasteiger charge is 2.17. The van der Waals surface area contributed by atoms with Crippen LogP contribution in [0.1, 0.15) is 20.7 Å². The summed E-state index contributed by atoms with van der Waals surface area (Å²) >= 11 is 10.7. The van der Waals surface area contributed by atoms with Gasteiger partial charge in [-0.3, -0.25) is 9.59 Å². The monoisotopic (exact) mass is 258 g/mol. The first-order chi connectivity index (χ1) is 7.57. The Morgan fingerprint density at radius 2 is 1.75 bits per heavy atom. The Morgan fingerprint density at radius 3 is 2.12 bits per heavy atom. The molecule has 0 aliphatic rings. The maximum absolute atomic E-state index is 11.1. The van der Waals surface area contributed by atoms with Crippen LogP contribution >= 0.6 is 23.2 Å². The van der Waals surface area contributed by atoms with Crippen molar-refractivity contribution in [3.63, 3.8) is 0 Å². The third-order valence-electron chi connectivity index (χ3n) is 1.78. The first kappa shape index (κ1) is 12.7. The van der Waals surface area contributed by atoms with E-state index in [2.05, 4.69) is 6.58 Å². The molecule has 0 amide bonds. The van der Waals surface area contributed by atoms with Crippen molar-refractivity contribution >= 4 is 33.7 Å². The van der Waals surface area contributed by atoms with Crippen LogP contribution in [0.4, 0.5) is 0 Å². The van der Waals surface area contributed by atoms with Crippen LogP contribution in [0.2, 0.25) is 0 Å². The van der Waals surface area contributed by atoms with Gasteiger partial charge >= 0.3 is 0 Å². The summed E-state index contributed by atoms with van der Waals surface area (Å²) in [5, 5.41) is -1.42. The number of hydrogen-bond donors (Lipinski definition) is 0. The van der Waals surface area contributed by atoms with Crippen molar-refractivity contribution in [1.29, 1.82) is 0 Å². The molecular weight excluding hydrogens is 251 g/mol. The molecule has 84 valence electrons. The van der Waals surface area contributed by atoms with E-state index in [9.17, 15) is 9.59 Å². The average Bonchev–Trinajstić information content (AvgIpc) is 2.25. The predicted molar refractivity (Wildman–Crippen MR) is 62.5 cm³/mol. The van der Waals surface area contributed by atoms with Gasteiger partial charge in [-0.1, -0.05) is 18.7 Å². The first-order valence-corrected chi connectivity index (χ1v) is 5.10. The van der Waals surface area contributed by atoms with Crippen molar-refractivity contribution in [2.75, 3.05) is 6.61 Å². The van der Waals surface area contributed by atoms with Gasteiger partial charge in [-0.25, -0.2) is 0 Å². The molecule has 0 unspecified atom stereocenters. The average molecular weight is 259 g/mol. The van der Waals surface area contributed by atoms with E-state index in [-0.39, 0.29) is 23.5 Å². The zero-order valence-corrected chi connectivity index (χ0v) is 9.72. The van der Waals surface area contributed by atoms with E-state index in [1.165, 1.54) is 24.3 Å². The van der Waals surface area contributed by atoms with Crippen LogP contribution in [0, 0.1) is 0 Å². The highest BCUT2D eigenvalue weighted by atomic mass is 35.5. The highest BCUT2D eigenvalue weighted by molar-refractivity contribution is 6.69. The van der Waals surface area contributed by atoms with Crippen LogP contribution in [-0.4, -0.2) is 17.1 Å². The van der Waals surface area contributed by atoms with Crippen molar-refractivity contribution in [3.8, 4) is 5.75 Å². The van der Waals surface area contributed by atoms with Crippen molar-refractivity contribution in [3.05, 3.63) is 42.0 Å². The minimum absolute atomic E-state index is 0.0856. The molecule has 0 atom stereocenters. The van der Waals surface area contributed by atoms with Gasteiger partial charge in [0.25, 0.3) is 10.5 Å². The van der Waals surface area contributed by atoms with Gasteiger partial charge < -0.3 is 4.74 Å². The summed E-state index contributed by atoms with van der Waals surface area (Å²) in [5.74, 6) is 0.0856. The third-order valence-corrected chi connectivity index (χ3v) is 2.19. The molecule has 5 heteroatoms. The molecule has 0 aliphatic carbocycles. The summed E-state index contributed by atoms with van der Waals surface area (Å²) in [5.41, 5.74) is 0.213. The maximum Gasteiger partial charge on any atom is 0.256 e. The van der Waals surface area contributed by atoms with Gasteiger partial charge in [0.15, 0.2) is 0 Å². The lowest BCUT2D eigenvalue weighted by molar-refractivity contribution is 0.107. The molecule has 16 heavy (non-hydrogen) atoms. The van der Waals surface area contributed by atoms with Crippen LogP contribution in [0.5, 0.6) is 5.75 Å². The topological polar surface area (TPSA) is 43.4 Å². The molecular formula is C11H8Cl2O3. The fourth-order valence-corrected chi connectivity index (χ4v) is 1.44. The van der Waals surface area contributed by atoms with E-state index in [0.29, 0.717) is 0 Å². The SMILES string of the molecule is C=CCOc1c(C(=O)Cl)cccc1C(=O)Cl. The van der Waals surface area contributed by atoms with Gasteiger partial charge in [0.1, 0.15) is 12.4 Å². The Labute approximate surface area is 103 Å². The van der Waals surface area contributed by atoms with Crippen LogP contribution in [0.3, 0.4) is 0 Å². The lowest BCUT2D eigenvalue weighted by Crippen LogP contribution is -2.05. The van der Waals surface area contributed by atoms with E-state index >= 15 is 0 Å². The fourth-order valence-electron chi connectivity index (χ4n) is 1.14. The van der Waals surface area contributed by atoms with Crippen molar-refractivity contribution < 1.29 is 14.3 Å². The molecule has 0 bridgehead atoms. The second kappa shape index (κ2) is 5.68. The van der Waals surface area contributed by atoms with E-state index in [4.69, 9.17) is 27.9 Å². The quantitative estimate of drug-likeness (QED) is 0.603. The number of ether oxygens (including phenoxy) is 1. The van der Waals surface area contributed by atoms with Crippen LogP contribution in [-0.2, 0) is 0 Å². The van der Waals surface area contributed by atoms with Gasteiger partial charge in [0, 0.05) is 0 Å². The van der Waals surface area contributed by atoms with Crippen molar-refractivity contribution in [1.82, 2.24) is 0 Å². The summed E-state index contributed by atoms with van der Waals surface area (Å²) in [4.78, 5) is 22.2. The van der Waals surface area contributed by atoms with Gasteiger partial charge in [-0.2, -0.15) is 0 Å². The Bertz CT molecular complexity index is 409. The zero-order chi connectivity index (χ0) is 12.1. The fraction of sp³-hybridized carbons (Fsp3) is 0.0909. The van der Waals surface area contributed by atoms with E-state index in [1.54, 1.807) is 0 Å². The van der Waals surface area contributed by atoms with Crippen molar-refractivity contribution in [2.45, 2.75) is 0 Å². The normalized spacial score (nSPS) is 9.62. The largest absolute Gasteiger partial charge is 0.488 e. The Balaban J connectivity index is 3.28. The minimum Gasteiger partial charge on any atom is -0.488 e. The van der Waals surface area contributed by atoms with Gasteiger partial charge in [-0.15, -0.1) is 0 Å². The van der Waals surface area contributed by atoms with Crippen molar-refractivity contribution in [2.24, 2.45) is 0 Å². The molecule has 0 aromatic heterocycles. The molecule has 0 spiro atoms. The summed E-state index contributed by atoms with van der Waals surface area (Å²) < 4.78 is 5.21. The number of carbonyl (C=O) groups is 2. The van der Waals surface area contributed by atoms with E-state index in [1.807, 2.05) is 0 Å². The molecule has 0 fully saturated rings. The smallest absolute Gasteiger partial charge is 0.256 e. The van der Waals surface area contributed by atoms with Gasteiger partial charge in [0.2, 0.25) is 0 Å². The summed E-state index contributed by atoms with van der Waals surface area (Å²) in [6, 6.07) is 4.42. The zero-order valence-electron chi connectivity index (χ0n) is 8.20. The number of rotatable bonds is 5. The lowest BCUT2D eigenvalue weighted by Gasteiger charge is -2.10. The Hall–Kier alpha value is -1.32. The standard InChI is InChI=1S/C11H8Cl2O3/c1-2-6-16-9-7(10(12)14)4-3-5-8(9)11(13)15/h2-5H,1,6H2. The molecule has 0 saturated heterocycles. The molecule has 1 aromatic rings. The third kappa shape index (κ3) is 2.84. The Morgan fingerprint density at radius 1 is 1.25 bits per heavy atom. The molecule has 3 nitrogen and oxygen atoms in total. The van der Waals surface area contributed by atoms with Crippen LogP contribution in [0.25, 0.3) is 0 Å². The molecule has 0 aliphatic heterocycles. The number of carbonyl (C=O) groups excluding carboxylic acids is 2.